The lowest BCUT2D eigenvalue weighted by molar-refractivity contribution is 0.0938. The van der Waals surface area contributed by atoms with Crippen LogP contribution in [0, 0.1) is 0 Å². The van der Waals surface area contributed by atoms with Gasteiger partial charge in [0, 0.05) is 30.3 Å². The number of hydrogen-bond acceptors (Lipinski definition) is 3. The van der Waals surface area contributed by atoms with E-state index in [1.165, 1.54) is 0 Å². The molecular formula is C13H13ClN2O2. The molecule has 1 N–H and O–H groups in total. The van der Waals surface area contributed by atoms with Crippen molar-refractivity contribution in [2.24, 2.45) is 0 Å². The molecule has 0 saturated carbocycles. The molecule has 0 atom stereocenters. The number of aromatic nitrogens is 1. The van der Waals surface area contributed by atoms with Crippen molar-refractivity contribution in [3.8, 4) is 0 Å². The van der Waals surface area contributed by atoms with Crippen LogP contribution >= 0.6 is 11.6 Å². The maximum Gasteiger partial charge on any atom is 0.253 e. The monoisotopic (exact) mass is 264 g/mol. The Bertz CT molecular complexity index is 572. The summed E-state index contributed by atoms with van der Waals surface area (Å²) in [5.41, 5.74) is 1.13. The molecule has 0 aliphatic rings. The third-order valence-corrected chi connectivity index (χ3v) is 2.72. The van der Waals surface area contributed by atoms with Gasteiger partial charge in [0.1, 0.15) is 0 Å². The molecular weight excluding hydrogens is 252 g/mol. The van der Waals surface area contributed by atoms with Crippen molar-refractivity contribution in [1.82, 2.24) is 10.3 Å². The van der Waals surface area contributed by atoms with Gasteiger partial charge >= 0.3 is 0 Å². The second-order valence-electron chi connectivity index (χ2n) is 3.78. The summed E-state index contributed by atoms with van der Waals surface area (Å²) in [6, 6.07) is 7.10. The normalized spacial score (nSPS) is 10.6. The largest absolute Gasteiger partial charge is 0.383 e. The summed E-state index contributed by atoms with van der Waals surface area (Å²) in [5.74, 6) is -0.196. The van der Waals surface area contributed by atoms with Crippen LogP contribution in [-0.4, -0.2) is 31.2 Å². The number of methoxy groups -OCH3 is 1. The SMILES string of the molecule is COCCNC(=O)c1cc(Cl)cc2cccnc12. The lowest BCUT2D eigenvalue weighted by Crippen LogP contribution is -2.27. The van der Waals surface area contributed by atoms with Crippen molar-refractivity contribution in [2.75, 3.05) is 20.3 Å². The van der Waals surface area contributed by atoms with Crippen molar-refractivity contribution < 1.29 is 9.53 Å². The molecule has 0 spiro atoms. The molecule has 4 nitrogen and oxygen atoms in total. The summed E-state index contributed by atoms with van der Waals surface area (Å²) < 4.78 is 4.88. The minimum absolute atomic E-state index is 0.196. The van der Waals surface area contributed by atoms with Gasteiger partial charge in [-0.1, -0.05) is 17.7 Å². The molecule has 0 saturated heterocycles. The molecule has 0 unspecified atom stereocenters. The highest BCUT2D eigenvalue weighted by molar-refractivity contribution is 6.32. The number of hydrogen-bond donors (Lipinski definition) is 1. The highest BCUT2D eigenvalue weighted by atomic mass is 35.5. The number of ether oxygens (including phenoxy) is 1. The molecule has 0 bridgehead atoms. The number of nitrogens with zero attached hydrogens (tertiary/aromatic N) is 1. The fraction of sp³-hybridized carbons (Fsp3) is 0.231. The van der Waals surface area contributed by atoms with Crippen LogP contribution in [0.4, 0.5) is 0 Å². The summed E-state index contributed by atoms with van der Waals surface area (Å²) in [4.78, 5) is 16.2. The van der Waals surface area contributed by atoms with Crippen molar-refractivity contribution in [3.63, 3.8) is 0 Å². The predicted molar refractivity (Wildman–Crippen MR) is 71.0 cm³/mol. The molecule has 0 aliphatic heterocycles. The Kier molecular flexibility index (Phi) is 4.12. The second kappa shape index (κ2) is 5.80. The van der Waals surface area contributed by atoms with Crippen LogP contribution in [-0.2, 0) is 4.74 Å². The number of fused-ring (bicyclic) bond motifs is 1. The molecule has 0 fully saturated rings. The van der Waals surface area contributed by atoms with Gasteiger partial charge in [-0.15, -0.1) is 0 Å². The lowest BCUT2D eigenvalue weighted by Gasteiger charge is -2.07. The van der Waals surface area contributed by atoms with Crippen LogP contribution in [0.1, 0.15) is 10.4 Å². The van der Waals surface area contributed by atoms with Crippen LogP contribution in [0.25, 0.3) is 10.9 Å². The maximum atomic E-state index is 12.0. The summed E-state index contributed by atoms with van der Waals surface area (Å²) >= 11 is 6.00. The Labute approximate surface area is 110 Å². The van der Waals surface area contributed by atoms with Gasteiger partial charge in [-0.3, -0.25) is 9.78 Å². The van der Waals surface area contributed by atoms with Gasteiger partial charge in [0.15, 0.2) is 0 Å². The number of amides is 1. The van der Waals surface area contributed by atoms with E-state index in [0.717, 1.165) is 5.39 Å². The van der Waals surface area contributed by atoms with Crippen molar-refractivity contribution in [3.05, 3.63) is 41.0 Å². The Balaban J connectivity index is 2.34. The van der Waals surface area contributed by atoms with Crippen LogP contribution < -0.4 is 5.32 Å². The first-order valence-corrected chi connectivity index (χ1v) is 5.91. The van der Waals surface area contributed by atoms with Gasteiger partial charge in [-0.25, -0.2) is 0 Å². The standard InChI is InChI=1S/C13H13ClN2O2/c1-18-6-5-16-13(17)11-8-10(14)7-9-3-2-4-15-12(9)11/h2-4,7-8H,5-6H2,1H3,(H,16,17). The first kappa shape index (κ1) is 12.8. The number of halogens is 1. The zero-order chi connectivity index (χ0) is 13.0. The maximum absolute atomic E-state index is 12.0. The predicted octanol–water partition coefficient (Wildman–Crippen LogP) is 2.26. The zero-order valence-corrected chi connectivity index (χ0v) is 10.7. The van der Waals surface area contributed by atoms with Gasteiger partial charge in [-0.05, 0) is 18.2 Å². The topological polar surface area (TPSA) is 51.2 Å². The van der Waals surface area contributed by atoms with Crippen LogP contribution in [0.2, 0.25) is 5.02 Å². The van der Waals surface area contributed by atoms with Crippen LogP contribution in [0.5, 0.6) is 0 Å². The molecule has 1 aromatic carbocycles. The Morgan fingerprint density at radius 1 is 1.50 bits per heavy atom. The van der Waals surface area contributed by atoms with E-state index in [9.17, 15) is 4.79 Å². The Hall–Kier alpha value is -1.65. The van der Waals surface area contributed by atoms with Gasteiger partial charge in [0.2, 0.25) is 0 Å². The van der Waals surface area contributed by atoms with E-state index in [0.29, 0.717) is 29.3 Å². The summed E-state index contributed by atoms with van der Waals surface area (Å²) in [7, 11) is 1.59. The lowest BCUT2D eigenvalue weighted by atomic mass is 10.1. The number of benzene rings is 1. The molecule has 1 amide bonds. The fourth-order valence-corrected chi connectivity index (χ4v) is 1.92. The first-order chi connectivity index (χ1) is 8.72. The molecule has 0 radical (unpaired) electrons. The van der Waals surface area contributed by atoms with E-state index in [1.807, 2.05) is 12.1 Å². The van der Waals surface area contributed by atoms with Gasteiger partial charge in [0.25, 0.3) is 5.91 Å². The average molecular weight is 265 g/mol. The molecule has 94 valence electrons. The number of rotatable bonds is 4. The Morgan fingerprint density at radius 2 is 2.33 bits per heavy atom. The molecule has 1 aromatic heterocycles. The van der Waals surface area contributed by atoms with E-state index >= 15 is 0 Å². The van der Waals surface area contributed by atoms with E-state index in [1.54, 1.807) is 25.4 Å². The number of carbonyl (C=O) groups is 1. The third-order valence-electron chi connectivity index (χ3n) is 2.51. The smallest absolute Gasteiger partial charge is 0.253 e. The molecule has 18 heavy (non-hydrogen) atoms. The van der Waals surface area contributed by atoms with Gasteiger partial charge in [0.05, 0.1) is 17.7 Å². The zero-order valence-electron chi connectivity index (χ0n) is 9.94. The van der Waals surface area contributed by atoms with Crippen molar-refractivity contribution in [2.45, 2.75) is 0 Å². The highest BCUT2D eigenvalue weighted by Gasteiger charge is 2.11. The first-order valence-electron chi connectivity index (χ1n) is 5.54. The van der Waals surface area contributed by atoms with Crippen LogP contribution in [0.3, 0.4) is 0 Å². The molecule has 2 rings (SSSR count). The van der Waals surface area contributed by atoms with E-state index in [2.05, 4.69) is 10.3 Å². The summed E-state index contributed by atoms with van der Waals surface area (Å²) in [6.45, 7) is 0.924. The quantitative estimate of drug-likeness (QED) is 0.862. The van der Waals surface area contributed by atoms with E-state index in [-0.39, 0.29) is 5.91 Å². The minimum atomic E-state index is -0.196. The van der Waals surface area contributed by atoms with Crippen LogP contribution in [0.15, 0.2) is 30.5 Å². The molecule has 0 aliphatic carbocycles. The summed E-state index contributed by atoms with van der Waals surface area (Å²) in [5, 5.41) is 4.13. The fourth-order valence-electron chi connectivity index (χ4n) is 1.69. The molecule has 2 aromatic rings. The van der Waals surface area contributed by atoms with Gasteiger partial charge in [-0.2, -0.15) is 0 Å². The average Bonchev–Trinajstić information content (AvgIpc) is 2.38. The third kappa shape index (κ3) is 2.78. The number of nitrogens with one attached hydrogen (secondary N) is 1. The second-order valence-corrected chi connectivity index (χ2v) is 4.21. The van der Waals surface area contributed by atoms with Crippen molar-refractivity contribution in [1.29, 1.82) is 0 Å². The van der Waals surface area contributed by atoms with E-state index < -0.39 is 0 Å². The molecule has 5 heteroatoms. The highest BCUT2D eigenvalue weighted by Crippen LogP contribution is 2.22. The minimum Gasteiger partial charge on any atom is -0.383 e. The summed E-state index contributed by atoms with van der Waals surface area (Å²) in [6.07, 6.45) is 1.65. The van der Waals surface area contributed by atoms with E-state index in [4.69, 9.17) is 16.3 Å². The van der Waals surface area contributed by atoms with Crippen molar-refractivity contribution >= 4 is 28.4 Å². The number of pyridine rings is 1. The number of carbonyl (C=O) groups excluding carboxylic acids is 1. The van der Waals surface area contributed by atoms with Gasteiger partial charge < -0.3 is 10.1 Å². The molecule has 1 heterocycles. The Morgan fingerprint density at radius 3 is 3.11 bits per heavy atom.